The Labute approximate surface area is 241 Å². The molecule has 5 nitrogen and oxygen atoms in total. The molecule has 0 aliphatic heterocycles. The Balaban J connectivity index is 2.05. The highest BCUT2D eigenvalue weighted by Gasteiger charge is 2.37. The van der Waals surface area contributed by atoms with Gasteiger partial charge in [-0.15, -0.1) is 0 Å². The van der Waals surface area contributed by atoms with Crippen LogP contribution in [0.3, 0.4) is 0 Å². The highest BCUT2D eigenvalue weighted by molar-refractivity contribution is 7.99. The smallest absolute Gasteiger partial charge is 0.192 e. The zero-order valence-corrected chi connectivity index (χ0v) is 27.3. The third-order valence-electron chi connectivity index (χ3n) is 6.80. The van der Waals surface area contributed by atoms with Gasteiger partial charge in [0.15, 0.2) is 8.32 Å². The van der Waals surface area contributed by atoms with Crippen LogP contribution in [0, 0.1) is 6.92 Å². The quantitative estimate of drug-likeness (QED) is 0.254. The zero-order valence-electron chi connectivity index (χ0n) is 23.9. The zero-order chi connectivity index (χ0) is 28.3. The van der Waals surface area contributed by atoms with E-state index in [0.717, 1.165) is 37.9 Å². The standard InChI is InChI=1S/C29H40ClN3O2S2Si/c1-20-17-21(14-16-31-20)23-12-13-25(30)26(24(23)18-33-37(34)28(2,3)4)36-27-22(11-10-15-32-27)19-35-38(8,9)29(5,6)7/h10-17,33H,18-19H2,1-9H3. The molecule has 1 N–H and O–H groups in total. The Morgan fingerprint density at radius 3 is 2.39 bits per heavy atom. The van der Waals surface area contributed by atoms with Crippen LogP contribution < -0.4 is 4.72 Å². The normalized spacial score (nSPS) is 13.5. The largest absolute Gasteiger partial charge is 0.412 e. The second-order valence-corrected chi connectivity index (χ2v) is 20.2. The van der Waals surface area contributed by atoms with E-state index in [1.165, 1.54) is 11.8 Å². The van der Waals surface area contributed by atoms with Crippen molar-refractivity contribution in [2.75, 3.05) is 0 Å². The molecule has 0 spiro atoms. The van der Waals surface area contributed by atoms with Gasteiger partial charge in [0.05, 0.1) is 27.4 Å². The Morgan fingerprint density at radius 1 is 1.05 bits per heavy atom. The molecular formula is C29H40ClN3O2S2Si. The topological polar surface area (TPSA) is 64.1 Å². The molecule has 0 saturated heterocycles. The van der Waals surface area contributed by atoms with Gasteiger partial charge in [-0.1, -0.05) is 56.3 Å². The molecule has 9 heteroatoms. The molecular weight excluding hydrogens is 550 g/mol. The van der Waals surface area contributed by atoms with Crippen molar-refractivity contribution in [2.45, 2.75) is 94.4 Å². The number of nitrogens with zero attached hydrogens (tertiary/aromatic N) is 2. The molecule has 3 rings (SSSR count). The van der Waals surface area contributed by atoms with E-state index < -0.39 is 24.1 Å². The third kappa shape index (κ3) is 7.76. The van der Waals surface area contributed by atoms with Crippen LogP contribution in [0.1, 0.15) is 58.4 Å². The molecule has 2 heterocycles. The summed E-state index contributed by atoms with van der Waals surface area (Å²) in [5.41, 5.74) is 5.00. The Hall–Kier alpha value is -1.55. The first-order valence-electron chi connectivity index (χ1n) is 12.8. The molecule has 3 aromatic rings. The van der Waals surface area contributed by atoms with Gasteiger partial charge >= 0.3 is 0 Å². The van der Waals surface area contributed by atoms with Crippen molar-refractivity contribution >= 4 is 42.7 Å². The number of hydrogen-bond acceptors (Lipinski definition) is 5. The highest BCUT2D eigenvalue weighted by atomic mass is 35.5. The summed E-state index contributed by atoms with van der Waals surface area (Å²) in [4.78, 5) is 9.97. The summed E-state index contributed by atoms with van der Waals surface area (Å²) in [5, 5.41) is 1.60. The molecule has 0 amide bonds. The number of hydrogen-bond donors (Lipinski definition) is 1. The third-order valence-corrected chi connectivity index (χ3v) is 14.5. The molecule has 1 unspecified atom stereocenters. The number of nitrogens with one attached hydrogen (secondary N) is 1. The first kappa shape index (κ1) is 31.0. The molecule has 1 aromatic carbocycles. The minimum Gasteiger partial charge on any atom is -0.412 e. The number of aromatic nitrogens is 2. The van der Waals surface area contributed by atoms with Crippen LogP contribution in [-0.4, -0.2) is 27.2 Å². The van der Waals surface area contributed by atoms with Crippen LogP contribution >= 0.6 is 23.4 Å². The van der Waals surface area contributed by atoms with E-state index in [-0.39, 0.29) is 5.04 Å². The maximum absolute atomic E-state index is 12.9. The first-order chi connectivity index (χ1) is 17.6. The number of pyridine rings is 2. The van der Waals surface area contributed by atoms with Crippen LogP contribution in [0.4, 0.5) is 0 Å². The van der Waals surface area contributed by atoms with Crippen molar-refractivity contribution in [3.8, 4) is 11.1 Å². The van der Waals surface area contributed by atoms with Gasteiger partial charge in [-0.2, -0.15) is 0 Å². The lowest BCUT2D eigenvalue weighted by molar-refractivity contribution is 0.273. The van der Waals surface area contributed by atoms with Gasteiger partial charge in [0.25, 0.3) is 0 Å². The predicted molar refractivity (Wildman–Crippen MR) is 165 cm³/mol. The second-order valence-electron chi connectivity index (χ2n) is 11.9. The van der Waals surface area contributed by atoms with Crippen molar-refractivity contribution in [2.24, 2.45) is 0 Å². The SMILES string of the molecule is Cc1cc(-c2ccc(Cl)c(Sc3ncccc3CO[Si](C)(C)C(C)(C)C)c2CNS(=O)C(C)(C)C)ccn1. The van der Waals surface area contributed by atoms with E-state index in [1.807, 2.05) is 58.2 Å². The van der Waals surface area contributed by atoms with Crippen molar-refractivity contribution in [1.29, 1.82) is 0 Å². The van der Waals surface area contributed by atoms with E-state index in [1.54, 1.807) is 6.20 Å². The molecule has 0 saturated carbocycles. The highest BCUT2D eigenvalue weighted by Crippen LogP contribution is 2.42. The molecule has 206 valence electrons. The summed E-state index contributed by atoms with van der Waals surface area (Å²) < 4.78 is 22.3. The first-order valence-corrected chi connectivity index (χ1v) is 18.0. The van der Waals surface area contributed by atoms with Crippen molar-refractivity contribution in [3.63, 3.8) is 0 Å². The number of aryl methyl sites for hydroxylation is 1. The summed E-state index contributed by atoms with van der Waals surface area (Å²) in [6.45, 7) is 20.0. The maximum atomic E-state index is 12.9. The van der Waals surface area contributed by atoms with E-state index in [2.05, 4.69) is 55.7 Å². The fraction of sp³-hybridized carbons (Fsp3) is 0.448. The molecule has 2 aromatic heterocycles. The van der Waals surface area contributed by atoms with Crippen molar-refractivity contribution < 1.29 is 8.63 Å². The van der Waals surface area contributed by atoms with E-state index in [9.17, 15) is 4.21 Å². The summed E-state index contributed by atoms with van der Waals surface area (Å²) >= 11 is 8.38. The average Bonchev–Trinajstić information content (AvgIpc) is 2.82. The Kier molecular flexibility index (Phi) is 10.0. The molecule has 38 heavy (non-hydrogen) atoms. The number of benzene rings is 1. The lowest BCUT2D eigenvalue weighted by Gasteiger charge is -2.36. The molecule has 0 bridgehead atoms. The van der Waals surface area contributed by atoms with Gasteiger partial charge < -0.3 is 4.43 Å². The molecule has 0 aliphatic carbocycles. The minimum absolute atomic E-state index is 0.115. The van der Waals surface area contributed by atoms with Crippen molar-refractivity contribution in [3.05, 3.63) is 70.6 Å². The predicted octanol–water partition coefficient (Wildman–Crippen LogP) is 8.33. The maximum Gasteiger partial charge on any atom is 0.192 e. The van der Waals surface area contributed by atoms with Crippen LogP contribution in [0.15, 0.2) is 58.7 Å². The van der Waals surface area contributed by atoms with Gasteiger partial charge in [-0.3, -0.25) is 4.98 Å². The molecule has 1 atom stereocenters. The number of halogens is 1. The van der Waals surface area contributed by atoms with Crippen LogP contribution in [0.25, 0.3) is 11.1 Å². The van der Waals surface area contributed by atoms with E-state index in [0.29, 0.717) is 18.2 Å². The molecule has 0 radical (unpaired) electrons. The summed E-state index contributed by atoms with van der Waals surface area (Å²) in [6.07, 6.45) is 3.61. The van der Waals surface area contributed by atoms with E-state index in [4.69, 9.17) is 21.0 Å². The monoisotopic (exact) mass is 589 g/mol. The summed E-state index contributed by atoms with van der Waals surface area (Å²) in [7, 11) is -3.18. The van der Waals surface area contributed by atoms with Crippen LogP contribution in [-0.2, 0) is 28.6 Å². The van der Waals surface area contributed by atoms with Gasteiger partial charge in [0, 0.05) is 35.1 Å². The van der Waals surface area contributed by atoms with Crippen LogP contribution in [0.2, 0.25) is 23.2 Å². The minimum atomic E-state index is -1.94. The van der Waals surface area contributed by atoms with E-state index >= 15 is 0 Å². The Bertz CT molecular complexity index is 1300. The number of rotatable bonds is 9. The van der Waals surface area contributed by atoms with Gasteiger partial charge in [-0.05, 0) is 86.8 Å². The lowest BCUT2D eigenvalue weighted by Crippen LogP contribution is -2.40. The van der Waals surface area contributed by atoms with Crippen LogP contribution in [0.5, 0.6) is 0 Å². The lowest BCUT2D eigenvalue weighted by atomic mass is 10.00. The Morgan fingerprint density at radius 2 is 1.76 bits per heavy atom. The summed E-state index contributed by atoms with van der Waals surface area (Å²) in [5.74, 6) is 0. The fourth-order valence-electron chi connectivity index (χ4n) is 3.42. The molecule has 0 fully saturated rings. The summed E-state index contributed by atoms with van der Waals surface area (Å²) in [6, 6.07) is 12.0. The van der Waals surface area contributed by atoms with Gasteiger partial charge in [-0.25, -0.2) is 13.9 Å². The second kappa shape index (κ2) is 12.3. The fourth-order valence-corrected chi connectivity index (χ4v) is 6.41. The molecule has 0 aliphatic rings. The van der Waals surface area contributed by atoms with Gasteiger partial charge in [0.2, 0.25) is 0 Å². The van der Waals surface area contributed by atoms with Gasteiger partial charge in [0.1, 0.15) is 5.03 Å². The van der Waals surface area contributed by atoms with Crippen molar-refractivity contribution in [1.82, 2.24) is 14.7 Å². The average molecular weight is 590 g/mol.